The largest absolute Gasteiger partial charge is 0.350 e. The molecular weight excluding hydrogens is 342 g/mol. The first-order valence-electron chi connectivity index (χ1n) is 9.97. The Morgan fingerprint density at radius 2 is 2.00 bits per heavy atom. The predicted molar refractivity (Wildman–Crippen MR) is 103 cm³/mol. The van der Waals surface area contributed by atoms with Crippen LogP contribution in [0.3, 0.4) is 0 Å². The molecule has 6 heteroatoms. The van der Waals surface area contributed by atoms with Gasteiger partial charge in [-0.15, -0.1) is 0 Å². The minimum Gasteiger partial charge on any atom is -0.350 e. The molecule has 1 aliphatic heterocycles. The summed E-state index contributed by atoms with van der Waals surface area (Å²) in [7, 11) is 0. The van der Waals surface area contributed by atoms with E-state index < -0.39 is 0 Å². The van der Waals surface area contributed by atoms with Crippen molar-refractivity contribution in [2.75, 3.05) is 6.54 Å². The number of carbonyl (C=O) groups excluding carboxylic acids is 3. The maximum Gasteiger partial charge on any atom is 0.251 e. The molecule has 2 fully saturated rings. The third-order valence-electron chi connectivity index (χ3n) is 5.41. The van der Waals surface area contributed by atoms with E-state index >= 15 is 0 Å². The molecule has 1 aromatic carbocycles. The van der Waals surface area contributed by atoms with Gasteiger partial charge in [0.25, 0.3) is 5.91 Å². The molecule has 1 saturated carbocycles. The van der Waals surface area contributed by atoms with Crippen molar-refractivity contribution < 1.29 is 14.4 Å². The number of likely N-dealkylation sites (tertiary alicyclic amines) is 1. The molecule has 2 N–H and O–H groups in total. The highest BCUT2D eigenvalue weighted by atomic mass is 16.2. The second-order valence-electron chi connectivity index (χ2n) is 7.66. The van der Waals surface area contributed by atoms with Crippen LogP contribution in [0, 0.1) is 5.92 Å². The van der Waals surface area contributed by atoms with Crippen molar-refractivity contribution in [2.24, 2.45) is 5.92 Å². The van der Waals surface area contributed by atoms with E-state index in [-0.39, 0.29) is 35.7 Å². The van der Waals surface area contributed by atoms with Crippen LogP contribution in [0.5, 0.6) is 0 Å². The van der Waals surface area contributed by atoms with E-state index in [0.717, 1.165) is 37.7 Å². The van der Waals surface area contributed by atoms with Crippen LogP contribution in [0.1, 0.15) is 61.9 Å². The van der Waals surface area contributed by atoms with Crippen molar-refractivity contribution in [3.05, 3.63) is 35.4 Å². The van der Waals surface area contributed by atoms with Crippen LogP contribution >= 0.6 is 0 Å². The zero-order valence-corrected chi connectivity index (χ0v) is 16.2. The third-order valence-corrected chi connectivity index (χ3v) is 5.41. The average molecular weight is 371 g/mol. The van der Waals surface area contributed by atoms with Gasteiger partial charge in [-0.1, -0.05) is 19.1 Å². The number of benzene rings is 1. The molecule has 0 radical (unpaired) electrons. The van der Waals surface area contributed by atoms with E-state index in [1.165, 1.54) is 0 Å². The molecule has 1 saturated heterocycles. The monoisotopic (exact) mass is 371 g/mol. The molecule has 27 heavy (non-hydrogen) atoms. The summed E-state index contributed by atoms with van der Waals surface area (Å²) in [6.45, 7) is 5.03. The van der Waals surface area contributed by atoms with Gasteiger partial charge in [-0.3, -0.25) is 14.4 Å². The lowest BCUT2D eigenvalue weighted by molar-refractivity contribution is -0.139. The van der Waals surface area contributed by atoms with E-state index in [4.69, 9.17) is 0 Å². The molecule has 0 spiro atoms. The fourth-order valence-corrected chi connectivity index (χ4v) is 3.41. The molecule has 2 unspecified atom stereocenters. The Bertz CT molecular complexity index is 714. The first-order chi connectivity index (χ1) is 13.0. The van der Waals surface area contributed by atoms with Crippen molar-refractivity contribution in [1.82, 2.24) is 15.5 Å². The maximum absolute atomic E-state index is 12.6. The normalized spacial score (nSPS) is 20.2. The van der Waals surface area contributed by atoms with E-state index in [0.29, 0.717) is 18.7 Å². The van der Waals surface area contributed by atoms with Crippen molar-refractivity contribution in [3.8, 4) is 0 Å². The molecule has 0 aromatic heterocycles. The molecule has 2 atom stereocenters. The summed E-state index contributed by atoms with van der Waals surface area (Å²) in [5, 5.41) is 5.89. The lowest BCUT2D eigenvalue weighted by atomic mass is 10.1. The third kappa shape index (κ3) is 4.87. The van der Waals surface area contributed by atoms with Crippen LogP contribution in [-0.4, -0.2) is 41.2 Å². The number of carbonyl (C=O) groups is 3. The fourth-order valence-electron chi connectivity index (χ4n) is 3.41. The summed E-state index contributed by atoms with van der Waals surface area (Å²) >= 11 is 0. The van der Waals surface area contributed by atoms with E-state index in [1.807, 2.05) is 26.0 Å². The lowest BCUT2D eigenvalue weighted by Gasteiger charge is -2.24. The van der Waals surface area contributed by atoms with Crippen LogP contribution in [0.15, 0.2) is 24.3 Å². The van der Waals surface area contributed by atoms with Gasteiger partial charge in [0, 0.05) is 30.6 Å². The second kappa shape index (κ2) is 8.55. The van der Waals surface area contributed by atoms with Gasteiger partial charge in [-0.05, 0) is 56.7 Å². The molecule has 2 aliphatic rings. The zero-order valence-electron chi connectivity index (χ0n) is 16.2. The van der Waals surface area contributed by atoms with Crippen LogP contribution in [0.25, 0.3) is 0 Å². The van der Waals surface area contributed by atoms with Gasteiger partial charge in [0.2, 0.25) is 11.8 Å². The number of amides is 3. The summed E-state index contributed by atoms with van der Waals surface area (Å²) in [6.07, 6.45) is 4.38. The lowest BCUT2D eigenvalue weighted by Crippen LogP contribution is -2.46. The van der Waals surface area contributed by atoms with E-state index in [9.17, 15) is 14.4 Å². The minimum absolute atomic E-state index is 0.101. The molecule has 3 amide bonds. The van der Waals surface area contributed by atoms with Gasteiger partial charge in [0.05, 0.1) is 0 Å². The zero-order chi connectivity index (χ0) is 19.4. The van der Waals surface area contributed by atoms with E-state index in [1.54, 1.807) is 17.0 Å². The highest BCUT2D eigenvalue weighted by Crippen LogP contribution is 2.33. The fraction of sp³-hybridized carbons (Fsp3) is 0.571. The van der Waals surface area contributed by atoms with E-state index in [2.05, 4.69) is 10.6 Å². The Morgan fingerprint density at radius 3 is 2.70 bits per heavy atom. The first-order valence-corrected chi connectivity index (χ1v) is 9.97. The van der Waals surface area contributed by atoms with Crippen LogP contribution in [0.2, 0.25) is 0 Å². The highest BCUT2D eigenvalue weighted by Gasteiger charge is 2.40. The summed E-state index contributed by atoms with van der Waals surface area (Å²) in [5.74, 6) is 0.0703. The van der Waals surface area contributed by atoms with Gasteiger partial charge < -0.3 is 15.5 Å². The van der Waals surface area contributed by atoms with Crippen molar-refractivity contribution in [1.29, 1.82) is 0 Å². The molecule has 3 rings (SSSR count). The molecular formula is C21H29N3O3. The summed E-state index contributed by atoms with van der Waals surface area (Å²) < 4.78 is 0. The Kier molecular flexibility index (Phi) is 6.14. The van der Waals surface area contributed by atoms with Crippen LogP contribution in [0.4, 0.5) is 0 Å². The first kappa shape index (κ1) is 19.4. The van der Waals surface area contributed by atoms with Crippen LogP contribution in [-0.2, 0) is 16.1 Å². The smallest absolute Gasteiger partial charge is 0.251 e. The summed E-state index contributed by atoms with van der Waals surface area (Å²) in [5.41, 5.74) is 1.46. The quantitative estimate of drug-likeness (QED) is 0.771. The number of hydrogen-bond acceptors (Lipinski definition) is 3. The Hall–Kier alpha value is -2.37. The van der Waals surface area contributed by atoms with Gasteiger partial charge in [0.15, 0.2) is 0 Å². The highest BCUT2D eigenvalue weighted by molar-refractivity contribution is 5.94. The second-order valence-corrected chi connectivity index (χ2v) is 7.66. The molecule has 0 bridgehead atoms. The molecule has 1 aromatic rings. The number of rotatable bonds is 7. The van der Waals surface area contributed by atoms with Crippen molar-refractivity contribution >= 4 is 17.7 Å². The standard InChI is InChI=1S/C21H29N3O3/c1-3-14(2)23-19(25)17-7-4-6-15(12-17)13-22-20(26)18-8-5-11-24(18)21(27)16-9-10-16/h4,6-7,12,14,16,18H,3,5,8-11,13H2,1-2H3,(H,22,26)(H,23,25). The van der Waals surface area contributed by atoms with Crippen LogP contribution < -0.4 is 10.6 Å². The number of hydrogen-bond donors (Lipinski definition) is 2. The topological polar surface area (TPSA) is 78.5 Å². The predicted octanol–water partition coefficient (Wildman–Crippen LogP) is 2.23. The van der Waals surface area contributed by atoms with Crippen molar-refractivity contribution in [2.45, 2.75) is 64.6 Å². The Balaban J connectivity index is 1.56. The summed E-state index contributed by atoms with van der Waals surface area (Å²) in [6, 6.07) is 7.07. The minimum atomic E-state index is -0.352. The number of nitrogens with one attached hydrogen (secondary N) is 2. The molecule has 1 aliphatic carbocycles. The Morgan fingerprint density at radius 1 is 1.22 bits per heavy atom. The molecule has 1 heterocycles. The van der Waals surface area contributed by atoms with Crippen molar-refractivity contribution in [3.63, 3.8) is 0 Å². The molecule has 6 nitrogen and oxygen atoms in total. The van der Waals surface area contributed by atoms with Gasteiger partial charge in [-0.2, -0.15) is 0 Å². The molecule has 146 valence electrons. The maximum atomic E-state index is 12.6. The average Bonchev–Trinajstić information content (AvgIpc) is 3.41. The van der Waals surface area contributed by atoms with Gasteiger partial charge in [0.1, 0.15) is 6.04 Å². The SMILES string of the molecule is CCC(C)NC(=O)c1cccc(CNC(=O)C2CCCN2C(=O)C2CC2)c1. The Labute approximate surface area is 160 Å². The van der Waals surface area contributed by atoms with Gasteiger partial charge >= 0.3 is 0 Å². The van der Waals surface area contributed by atoms with Gasteiger partial charge in [-0.25, -0.2) is 0 Å². The summed E-state index contributed by atoms with van der Waals surface area (Å²) in [4.78, 5) is 38.9. The number of nitrogens with zero attached hydrogens (tertiary/aromatic N) is 1.